The molecule has 1 fully saturated rings. The number of ether oxygens (including phenoxy) is 1. The van der Waals surface area contributed by atoms with E-state index < -0.39 is 41.1 Å². The third-order valence-corrected chi connectivity index (χ3v) is 3.67. The van der Waals surface area contributed by atoms with Crippen LogP contribution in [0.2, 0.25) is 0 Å². The maximum atomic E-state index is 12.1. The molecule has 7 heteroatoms. The summed E-state index contributed by atoms with van der Waals surface area (Å²) in [5.74, 6) is -3.69. The van der Waals surface area contributed by atoms with Gasteiger partial charge in [-0.15, -0.1) is 0 Å². The SMILES string of the molecule is CC(C)(C)C(=O)OCC(c1ccccc1)C1C(=O)NC(=O)NC1=O. The normalized spacial score (nSPS) is 17.0. The fraction of sp³-hybridized carbons (Fsp3) is 0.412. The molecule has 1 aromatic carbocycles. The van der Waals surface area contributed by atoms with E-state index in [1.807, 2.05) is 0 Å². The van der Waals surface area contributed by atoms with E-state index in [0.29, 0.717) is 5.56 Å². The van der Waals surface area contributed by atoms with Crippen molar-refractivity contribution in [3.63, 3.8) is 0 Å². The molecule has 2 rings (SSSR count). The summed E-state index contributed by atoms with van der Waals surface area (Å²) in [6, 6.07) is 7.96. The van der Waals surface area contributed by atoms with E-state index in [1.54, 1.807) is 51.1 Å². The Morgan fingerprint density at radius 2 is 1.62 bits per heavy atom. The smallest absolute Gasteiger partial charge is 0.328 e. The summed E-state index contributed by atoms with van der Waals surface area (Å²) in [6.45, 7) is 5.00. The molecule has 24 heavy (non-hydrogen) atoms. The number of rotatable bonds is 4. The number of carbonyl (C=O) groups excluding carboxylic acids is 4. The van der Waals surface area contributed by atoms with Crippen molar-refractivity contribution in [3.8, 4) is 0 Å². The number of barbiturate groups is 1. The van der Waals surface area contributed by atoms with Crippen LogP contribution in [0, 0.1) is 11.3 Å². The van der Waals surface area contributed by atoms with Crippen molar-refractivity contribution in [3.05, 3.63) is 35.9 Å². The Balaban J connectivity index is 2.27. The van der Waals surface area contributed by atoms with Crippen LogP contribution < -0.4 is 10.6 Å². The number of carbonyl (C=O) groups is 4. The number of amides is 4. The van der Waals surface area contributed by atoms with Crippen molar-refractivity contribution >= 4 is 23.8 Å². The molecule has 1 aromatic rings. The monoisotopic (exact) mass is 332 g/mol. The number of nitrogens with one attached hydrogen (secondary N) is 2. The number of urea groups is 1. The molecule has 2 N–H and O–H groups in total. The van der Waals surface area contributed by atoms with E-state index in [-0.39, 0.29) is 6.61 Å². The van der Waals surface area contributed by atoms with Gasteiger partial charge in [-0.3, -0.25) is 25.0 Å². The highest BCUT2D eigenvalue weighted by Gasteiger charge is 2.41. The zero-order valence-electron chi connectivity index (χ0n) is 13.8. The van der Waals surface area contributed by atoms with Crippen LogP contribution in [-0.4, -0.2) is 30.4 Å². The van der Waals surface area contributed by atoms with Crippen LogP contribution in [0.1, 0.15) is 32.3 Å². The minimum atomic E-state index is -1.15. The molecule has 0 aromatic heterocycles. The van der Waals surface area contributed by atoms with E-state index in [4.69, 9.17) is 4.74 Å². The van der Waals surface area contributed by atoms with Gasteiger partial charge in [-0.05, 0) is 26.3 Å². The van der Waals surface area contributed by atoms with Crippen molar-refractivity contribution in [2.75, 3.05) is 6.61 Å². The first-order valence-electron chi connectivity index (χ1n) is 7.58. The van der Waals surface area contributed by atoms with Gasteiger partial charge in [0, 0.05) is 5.92 Å². The second kappa shape index (κ2) is 6.82. The van der Waals surface area contributed by atoms with Crippen molar-refractivity contribution in [2.24, 2.45) is 11.3 Å². The molecule has 0 bridgehead atoms. The molecule has 1 aliphatic heterocycles. The topological polar surface area (TPSA) is 102 Å². The lowest BCUT2D eigenvalue weighted by Gasteiger charge is -2.29. The minimum Gasteiger partial charge on any atom is -0.465 e. The third kappa shape index (κ3) is 3.98. The fourth-order valence-corrected chi connectivity index (χ4v) is 2.36. The van der Waals surface area contributed by atoms with E-state index in [9.17, 15) is 19.2 Å². The van der Waals surface area contributed by atoms with Crippen LogP contribution in [0.3, 0.4) is 0 Å². The average Bonchev–Trinajstić information content (AvgIpc) is 2.49. The van der Waals surface area contributed by atoms with Crippen LogP contribution in [0.5, 0.6) is 0 Å². The average molecular weight is 332 g/mol. The van der Waals surface area contributed by atoms with Gasteiger partial charge >= 0.3 is 12.0 Å². The Hall–Kier alpha value is -2.70. The van der Waals surface area contributed by atoms with Crippen LogP contribution >= 0.6 is 0 Å². The predicted molar refractivity (Wildman–Crippen MR) is 84.8 cm³/mol. The van der Waals surface area contributed by atoms with E-state index >= 15 is 0 Å². The lowest BCUT2D eigenvalue weighted by atomic mass is 9.84. The number of esters is 1. The lowest BCUT2D eigenvalue weighted by molar-refractivity contribution is -0.155. The summed E-state index contributed by atoms with van der Waals surface area (Å²) in [4.78, 5) is 47.5. The van der Waals surface area contributed by atoms with Crippen LogP contribution in [0.4, 0.5) is 4.79 Å². The van der Waals surface area contributed by atoms with Gasteiger partial charge in [0.15, 0.2) is 0 Å². The molecular formula is C17H20N2O5. The van der Waals surface area contributed by atoms with Crippen molar-refractivity contribution < 1.29 is 23.9 Å². The Labute approximate surface area is 139 Å². The molecule has 128 valence electrons. The van der Waals surface area contributed by atoms with Crippen LogP contribution in [0.15, 0.2) is 30.3 Å². The minimum absolute atomic E-state index is 0.139. The first-order valence-corrected chi connectivity index (χ1v) is 7.58. The molecular weight excluding hydrogens is 312 g/mol. The molecule has 1 aliphatic rings. The predicted octanol–water partition coefficient (Wildman–Crippen LogP) is 1.34. The van der Waals surface area contributed by atoms with Gasteiger partial charge in [0.05, 0.1) is 12.0 Å². The zero-order chi connectivity index (χ0) is 17.9. The summed E-state index contributed by atoms with van der Waals surface area (Å²) in [6.07, 6.45) is 0. The maximum absolute atomic E-state index is 12.1. The molecule has 7 nitrogen and oxygen atoms in total. The van der Waals surface area contributed by atoms with Gasteiger partial charge in [0.2, 0.25) is 11.8 Å². The summed E-state index contributed by atoms with van der Waals surface area (Å²) in [7, 11) is 0. The van der Waals surface area contributed by atoms with Crippen LogP contribution in [-0.2, 0) is 19.1 Å². The van der Waals surface area contributed by atoms with Gasteiger partial charge in [-0.1, -0.05) is 30.3 Å². The highest BCUT2D eigenvalue weighted by molar-refractivity contribution is 6.16. The second-order valence-electron chi connectivity index (χ2n) is 6.65. The molecule has 1 heterocycles. The van der Waals surface area contributed by atoms with Crippen molar-refractivity contribution in [1.29, 1.82) is 0 Å². The standard InChI is InChI=1S/C17H20N2O5/c1-17(2,3)15(22)24-9-11(10-7-5-4-6-8-10)12-13(20)18-16(23)19-14(12)21/h4-8,11-12H,9H2,1-3H3,(H2,18,19,20,21,23). The Bertz CT molecular complexity index is 643. The summed E-state index contributed by atoms with van der Waals surface area (Å²) in [5.41, 5.74) is -0.0299. The van der Waals surface area contributed by atoms with Gasteiger partial charge < -0.3 is 4.74 Å². The number of imide groups is 2. The van der Waals surface area contributed by atoms with E-state index in [2.05, 4.69) is 10.6 Å². The number of hydrogen-bond donors (Lipinski definition) is 2. The summed E-state index contributed by atoms with van der Waals surface area (Å²) < 4.78 is 5.32. The largest absolute Gasteiger partial charge is 0.465 e. The molecule has 0 aliphatic carbocycles. The Morgan fingerprint density at radius 3 is 2.12 bits per heavy atom. The molecule has 0 radical (unpaired) electrons. The zero-order valence-corrected chi connectivity index (χ0v) is 13.8. The van der Waals surface area contributed by atoms with Gasteiger partial charge in [0.25, 0.3) is 0 Å². The van der Waals surface area contributed by atoms with E-state index in [0.717, 1.165) is 0 Å². The van der Waals surface area contributed by atoms with Crippen molar-refractivity contribution in [1.82, 2.24) is 10.6 Å². The van der Waals surface area contributed by atoms with Crippen molar-refractivity contribution in [2.45, 2.75) is 26.7 Å². The Kier molecular flexibility index (Phi) is 5.02. The van der Waals surface area contributed by atoms with Gasteiger partial charge in [-0.2, -0.15) is 0 Å². The molecule has 1 atom stereocenters. The summed E-state index contributed by atoms with van der Waals surface area (Å²) >= 11 is 0. The number of hydrogen-bond acceptors (Lipinski definition) is 5. The van der Waals surface area contributed by atoms with E-state index in [1.165, 1.54) is 0 Å². The molecule has 0 saturated carbocycles. The second-order valence-corrected chi connectivity index (χ2v) is 6.65. The number of benzene rings is 1. The lowest BCUT2D eigenvalue weighted by Crippen LogP contribution is -2.57. The maximum Gasteiger partial charge on any atom is 0.328 e. The molecule has 1 unspecified atom stereocenters. The first-order chi connectivity index (χ1) is 11.2. The summed E-state index contributed by atoms with van der Waals surface area (Å²) in [5, 5.41) is 4.16. The molecule has 4 amide bonds. The van der Waals surface area contributed by atoms with Crippen LogP contribution in [0.25, 0.3) is 0 Å². The molecule has 0 spiro atoms. The Morgan fingerprint density at radius 1 is 1.08 bits per heavy atom. The highest BCUT2D eigenvalue weighted by atomic mass is 16.5. The first kappa shape index (κ1) is 17.7. The fourth-order valence-electron chi connectivity index (χ4n) is 2.36. The third-order valence-electron chi connectivity index (χ3n) is 3.67. The van der Waals surface area contributed by atoms with Gasteiger partial charge in [0.1, 0.15) is 5.92 Å². The van der Waals surface area contributed by atoms with Gasteiger partial charge in [-0.25, -0.2) is 4.79 Å². The quantitative estimate of drug-likeness (QED) is 0.640. The molecule has 1 saturated heterocycles. The highest BCUT2D eigenvalue weighted by Crippen LogP contribution is 2.28.